The van der Waals surface area contributed by atoms with Crippen molar-refractivity contribution < 1.29 is 4.74 Å². The average Bonchev–Trinajstić information content (AvgIpc) is 2.89. The van der Waals surface area contributed by atoms with Gasteiger partial charge in [-0.2, -0.15) is 0 Å². The summed E-state index contributed by atoms with van der Waals surface area (Å²) in [6.45, 7) is 4.19. The Kier molecular flexibility index (Phi) is 3.96. The zero-order valence-electron chi connectivity index (χ0n) is 11.0. The van der Waals surface area contributed by atoms with E-state index in [9.17, 15) is 0 Å². The molecule has 1 N–H and O–H groups in total. The van der Waals surface area contributed by atoms with Crippen molar-refractivity contribution in [3.05, 3.63) is 18.2 Å². The van der Waals surface area contributed by atoms with Crippen LogP contribution < -0.4 is 5.32 Å². The molecule has 2 aliphatic rings. The van der Waals surface area contributed by atoms with Gasteiger partial charge in [-0.05, 0) is 45.2 Å². The highest BCUT2D eigenvalue weighted by molar-refractivity contribution is 5.08. The second-order valence-corrected chi connectivity index (χ2v) is 5.48. The number of aromatic nitrogens is 2. The Bertz CT molecular complexity index is 365. The SMILES string of the molecule is c1ncn(CC2CCCCO2)c1C1CCNCC1. The summed E-state index contributed by atoms with van der Waals surface area (Å²) in [5.74, 6) is 0.678. The number of nitrogens with zero attached hydrogens (tertiary/aromatic N) is 2. The van der Waals surface area contributed by atoms with Crippen LogP contribution in [0.5, 0.6) is 0 Å². The van der Waals surface area contributed by atoms with Gasteiger partial charge in [-0.1, -0.05) is 0 Å². The third kappa shape index (κ3) is 2.75. The molecule has 0 bridgehead atoms. The lowest BCUT2D eigenvalue weighted by Gasteiger charge is -2.27. The minimum atomic E-state index is 0.397. The molecule has 3 rings (SSSR count). The Balaban J connectivity index is 1.66. The average molecular weight is 249 g/mol. The van der Waals surface area contributed by atoms with Crippen LogP contribution in [-0.2, 0) is 11.3 Å². The van der Waals surface area contributed by atoms with Crippen LogP contribution in [0.25, 0.3) is 0 Å². The first-order valence-corrected chi connectivity index (χ1v) is 7.26. The highest BCUT2D eigenvalue weighted by atomic mass is 16.5. The molecule has 0 amide bonds. The Hall–Kier alpha value is -0.870. The maximum atomic E-state index is 5.83. The zero-order valence-corrected chi connectivity index (χ0v) is 11.0. The fourth-order valence-electron chi connectivity index (χ4n) is 3.11. The number of hydrogen-bond acceptors (Lipinski definition) is 3. The van der Waals surface area contributed by atoms with Crippen LogP contribution in [-0.4, -0.2) is 35.4 Å². The Labute approximate surface area is 109 Å². The van der Waals surface area contributed by atoms with E-state index in [1.54, 1.807) is 0 Å². The van der Waals surface area contributed by atoms with Gasteiger partial charge < -0.3 is 14.6 Å². The Morgan fingerprint density at radius 2 is 2.17 bits per heavy atom. The fraction of sp³-hybridized carbons (Fsp3) is 0.786. The van der Waals surface area contributed by atoms with Crippen molar-refractivity contribution in [1.82, 2.24) is 14.9 Å². The first kappa shape index (κ1) is 12.2. The summed E-state index contributed by atoms with van der Waals surface area (Å²) in [6, 6.07) is 0. The van der Waals surface area contributed by atoms with Crippen LogP contribution in [0.4, 0.5) is 0 Å². The summed E-state index contributed by atoms with van der Waals surface area (Å²) in [5.41, 5.74) is 1.41. The van der Waals surface area contributed by atoms with E-state index in [0.29, 0.717) is 12.0 Å². The first-order valence-electron chi connectivity index (χ1n) is 7.26. The lowest BCUT2D eigenvalue weighted by atomic mass is 9.95. The van der Waals surface area contributed by atoms with Crippen LogP contribution in [0.1, 0.15) is 43.7 Å². The smallest absolute Gasteiger partial charge is 0.0949 e. The minimum Gasteiger partial charge on any atom is -0.376 e. The van der Waals surface area contributed by atoms with E-state index in [0.717, 1.165) is 26.2 Å². The third-order valence-electron chi connectivity index (χ3n) is 4.18. The molecule has 0 saturated carbocycles. The molecule has 1 atom stereocenters. The number of imidazole rings is 1. The van der Waals surface area contributed by atoms with Crippen molar-refractivity contribution in [3.63, 3.8) is 0 Å². The molecule has 0 radical (unpaired) electrons. The van der Waals surface area contributed by atoms with Gasteiger partial charge in [-0.25, -0.2) is 4.98 Å². The van der Waals surface area contributed by atoms with Gasteiger partial charge in [0, 0.05) is 24.4 Å². The summed E-state index contributed by atoms with van der Waals surface area (Å²) in [4.78, 5) is 4.35. The van der Waals surface area contributed by atoms with Crippen molar-refractivity contribution in [2.24, 2.45) is 0 Å². The summed E-state index contributed by atoms with van der Waals surface area (Å²) in [7, 11) is 0. The lowest BCUT2D eigenvalue weighted by Crippen LogP contribution is -2.29. The van der Waals surface area contributed by atoms with Gasteiger partial charge in [0.25, 0.3) is 0 Å². The predicted molar refractivity (Wildman–Crippen MR) is 70.7 cm³/mol. The van der Waals surface area contributed by atoms with Crippen molar-refractivity contribution in [2.75, 3.05) is 19.7 Å². The lowest BCUT2D eigenvalue weighted by molar-refractivity contribution is 0.00536. The van der Waals surface area contributed by atoms with E-state index in [1.807, 2.05) is 6.33 Å². The molecule has 0 aromatic carbocycles. The normalized spacial score (nSPS) is 26.3. The number of rotatable bonds is 3. The number of ether oxygens (including phenoxy) is 1. The number of hydrogen-bond donors (Lipinski definition) is 1. The molecule has 4 nitrogen and oxygen atoms in total. The highest BCUT2D eigenvalue weighted by Crippen LogP contribution is 2.26. The topological polar surface area (TPSA) is 39.1 Å². The van der Waals surface area contributed by atoms with Gasteiger partial charge in [0.2, 0.25) is 0 Å². The molecule has 100 valence electrons. The second-order valence-electron chi connectivity index (χ2n) is 5.48. The van der Waals surface area contributed by atoms with E-state index >= 15 is 0 Å². The zero-order chi connectivity index (χ0) is 12.2. The summed E-state index contributed by atoms with van der Waals surface area (Å²) < 4.78 is 8.16. The van der Waals surface area contributed by atoms with Crippen molar-refractivity contribution in [3.8, 4) is 0 Å². The molecule has 0 spiro atoms. The van der Waals surface area contributed by atoms with Gasteiger partial charge in [0.15, 0.2) is 0 Å². The molecule has 18 heavy (non-hydrogen) atoms. The first-order chi connectivity index (χ1) is 8.93. The molecule has 1 aromatic rings. The number of piperidine rings is 1. The van der Waals surface area contributed by atoms with E-state index < -0.39 is 0 Å². The van der Waals surface area contributed by atoms with Crippen LogP contribution >= 0.6 is 0 Å². The Morgan fingerprint density at radius 1 is 1.28 bits per heavy atom. The van der Waals surface area contributed by atoms with Crippen molar-refractivity contribution >= 4 is 0 Å². The van der Waals surface area contributed by atoms with Crippen LogP contribution in [0.15, 0.2) is 12.5 Å². The predicted octanol–water partition coefficient (Wildman–Crippen LogP) is 1.92. The highest BCUT2D eigenvalue weighted by Gasteiger charge is 2.21. The molecule has 2 aliphatic heterocycles. The largest absolute Gasteiger partial charge is 0.376 e. The Morgan fingerprint density at radius 3 is 2.94 bits per heavy atom. The standard InChI is InChI=1S/C14H23N3O/c1-2-8-18-13(3-1)10-17-11-16-9-14(17)12-4-6-15-7-5-12/h9,11-13,15H,1-8,10H2. The minimum absolute atomic E-state index is 0.397. The summed E-state index contributed by atoms with van der Waals surface area (Å²) in [6.07, 6.45) is 10.6. The molecule has 1 aromatic heterocycles. The van der Waals surface area contributed by atoms with E-state index in [2.05, 4.69) is 21.1 Å². The molecule has 3 heterocycles. The number of nitrogens with one attached hydrogen (secondary N) is 1. The fourth-order valence-corrected chi connectivity index (χ4v) is 3.11. The third-order valence-corrected chi connectivity index (χ3v) is 4.18. The van der Waals surface area contributed by atoms with Gasteiger partial charge in [0.05, 0.1) is 19.0 Å². The summed E-state index contributed by atoms with van der Waals surface area (Å²) >= 11 is 0. The van der Waals surface area contributed by atoms with Crippen molar-refractivity contribution in [2.45, 2.75) is 50.7 Å². The van der Waals surface area contributed by atoms with E-state index in [-0.39, 0.29) is 0 Å². The quantitative estimate of drug-likeness (QED) is 0.889. The van der Waals surface area contributed by atoms with Crippen LogP contribution in [0.3, 0.4) is 0 Å². The maximum Gasteiger partial charge on any atom is 0.0949 e. The van der Waals surface area contributed by atoms with E-state index in [1.165, 1.54) is 37.8 Å². The monoisotopic (exact) mass is 249 g/mol. The molecule has 1 unspecified atom stereocenters. The van der Waals surface area contributed by atoms with Crippen molar-refractivity contribution in [1.29, 1.82) is 0 Å². The molecule has 2 saturated heterocycles. The van der Waals surface area contributed by atoms with E-state index in [4.69, 9.17) is 4.74 Å². The summed E-state index contributed by atoms with van der Waals surface area (Å²) in [5, 5.41) is 3.42. The molecular formula is C14H23N3O. The second kappa shape index (κ2) is 5.85. The van der Waals surface area contributed by atoms with Gasteiger partial charge in [-0.15, -0.1) is 0 Å². The maximum absolute atomic E-state index is 5.83. The molecule has 0 aliphatic carbocycles. The molecule has 2 fully saturated rings. The van der Waals surface area contributed by atoms with Gasteiger partial charge in [0.1, 0.15) is 0 Å². The van der Waals surface area contributed by atoms with Gasteiger partial charge >= 0.3 is 0 Å². The van der Waals surface area contributed by atoms with Gasteiger partial charge in [-0.3, -0.25) is 0 Å². The molecule has 4 heteroatoms. The molecular weight excluding hydrogens is 226 g/mol. The van der Waals surface area contributed by atoms with Crippen LogP contribution in [0.2, 0.25) is 0 Å². The van der Waals surface area contributed by atoms with Crippen LogP contribution in [0, 0.1) is 0 Å².